The standard InChI is InChI=1S/C32H27ClFN7O4/c1-45-32(43)13-19-6-9-23-27-15-25(26(34)16-35-27)22(4-2-3-5-31(42)37-28(23)12-19)30-10-7-20(17-41(30)44)24-14-21(33)8-11-29(24)40-18-36-38-39-40/h6-12,14-18,22H,2-5,13H2,1H3,(H,37,42)/t22-/m0/s1. The Morgan fingerprint density at radius 3 is 2.80 bits per heavy atom. The molecule has 0 radical (unpaired) electrons. The van der Waals surface area contributed by atoms with E-state index in [1.165, 1.54) is 24.3 Å². The fourth-order valence-electron chi connectivity index (χ4n) is 5.58. The van der Waals surface area contributed by atoms with Gasteiger partial charge in [-0.1, -0.05) is 30.2 Å². The highest BCUT2D eigenvalue weighted by Crippen LogP contribution is 2.36. The van der Waals surface area contributed by atoms with E-state index in [2.05, 4.69) is 25.8 Å². The molecule has 0 fully saturated rings. The van der Waals surface area contributed by atoms with Gasteiger partial charge >= 0.3 is 5.97 Å². The third-order valence-corrected chi connectivity index (χ3v) is 8.02. The van der Waals surface area contributed by atoms with Crippen molar-refractivity contribution in [1.29, 1.82) is 0 Å². The number of halogens is 2. The van der Waals surface area contributed by atoms with Gasteiger partial charge in [-0.3, -0.25) is 14.6 Å². The van der Waals surface area contributed by atoms with Crippen LogP contribution in [-0.2, 0) is 20.7 Å². The van der Waals surface area contributed by atoms with Crippen LogP contribution in [0.3, 0.4) is 0 Å². The summed E-state index contributed by atoms with van der Waals surface area (Å²) in [5.41, 5.74) is 4.54. The summed E-state index contributed by atoms with van der Waals surface area (Å²) in [7, 11) is 1.31. The third-order valence-electron chi connectivity index (χ3n) is 7.78. The Labute approximate surface area is 262 Å². The van der Waals surface area contributed by atoms with Gasteiger partial charge in [-0.2, -0.15) is 9.41 Å². The Bertz CT molecular complexity index is 1900. The van der Waals surface area contributed by atoms with E-state index in [1.54, 1.807) is 54.6 Å². The first-order valence-electron chi connectivity index (χ1n) is 14.2. The first kappa shape index (κ1) is 29.8. The maximum atomic E-state index is 15.6. The average Bonchev–Trinajstić information content (AvgIpc) is 3.57. The number of pyridine rings is 2. The van der Waals surface area contributed by atoms with Crippen LogP contribution in [0.5, 0.6) is 0 Å². The SMILES string of the molecule is COC(=O)Cc1ccc2c(c1)NC(=O)CCCC[C@H](c1ccc(-c3cc(Cl)ccc3-n3cnnn3)c[n+]1[O-])c1cc-2ncc1F. The van der Waals surface area contributed by atoms with Crippen molar-refractivity contribution in [1.82, 2.24) is 25.2 Å². The van der Waals surface area contributed by atoms with Gasteiger partial charge in [0.1, 0.15) is 12.1 Å². The molecule has 1 amide bonds. The van der Waals surface area contributed by atoms with Gasteiger partial charge in [0.25, 0.3) is 0 Å². The van der Waals surface area contributed by atoms with Crippen LogP contribution in [-0.4, -0.2) is 44.2 Å². The van der Waals surface area contributed by atoms with Crippen LogP contribution in [0.25, 0.3) is 28.1 Å². The molecule has 45 heavy (non-hydrogen) atoms. The monoisotopic (exact) mass is 627 g/mol. The highest BCUT2D eigenvalue weighted by molar-refractivity contribution is 6.31. The van der Waals surface area contributed by atoms with E-state index < -0.39 is 17.7 Å². The van der Waals surface area contributed by atoms with Crippen molar-refractivity contribution in [3.8, 4) is 28.1 Å². The maximum Gasteiger partial charge on any atom is 0.309 e. The number of methoxy groups -OCH3 is 1. The van der Waals surface area contributed by atoms with Gasteiger partial charge in [-0.25, -0.2) is 4.39 Å². The van der Waals surface area contributed by atoms with E-state index >= 15 is 4.39 Å². The van der Waals surface area contributed by atoms with E-state index in [-0.39, 0.29) is 18.7 Å². The van der Waals surface area contributed by atoms with E-state index in [0.717, 1.165) is 10.9 Å². The molecule has 6 rings (SSSR count). The van der Waals surface area contributed by atoms with Gasteiger partial charge in [0.2, 0.25) is 5.91 Å². The molecule has 2 bridgehead atoms. The van der Waals surface area contributed by atoms with Crippen molar-refractivity contribution in [2.75, 3.05) is 12.4 Å². The second kappa shape index (κ2) is 12.8. The molecule has 4 heterocycles. The number of benzene rings is 2. The molecule has 3 aromatic heterocycles. The number of hydrogen-bond acceptors (Lipinski definition) is 8. The lowest BCUT2D eigenvalue weighted by Crippen LogP contribution is -2.34. The number of nitrogens with zero attached hydrogens (tertiary/aromatic N) is 6. The molecule has 1 N–H and O–H groups in total. The minimum atomic E-state index is -0.624. The number of hydrogen-bond donors (Lipinski definition) is 1. The minimum absolute atomic E-state index is 0.0235. The number of amides is 1. The van der Waals surface area contributed by atoms with Crippen molar-refractivity contribution in [2.45, 2.75) is 38.0 Å². The second-order valence-corrected chi connectivity index (χ2v) is 11.1. The summed E-state index contributed by atoms with van der Waals surface area (Å²) >= 11 is 6.30. The number of rotatable bonds is 5. The van der Waals surface area contributed by atoms with Gasteiger partial charge in [0.05, 0.1) is 42.7 Å². The Kier molecular flexibility index (Phi) is 8.47. The van der Waals surface area contributed by atoms with Gasteiger partial charge in [-0.15, -0.1) is 5.10 Å². The zero-order valence-corrected chi connectivity index (χ0v) is 24.9. The maximum absolute atomic E-state index is 15.6. The summed E-state index contributed by atoms with van der Waals surface area (Å²) < 4.78 is 22.6. The summed E-state index contributed by atoms with van der Waals surface area (Å²) in [5, 5.41) is 28.4. The summed E-state index contributed by atoms with van der Waals surface area (Å²) in [6, 6.07) is 15.4. The number of carbonyl (C=O) groups is 2. The predicted octanol–water partition coefficient (Wildman–Crippen LogP) is 5.18. The van der Waals surface area contributed by atoms with Crippen molar-refractivity contribution >= 4 is 29.2 Å². The van der Waals surface area contributed by atoms with Crippen LogP contribution >= 0.6 is 11.6 Å². The Morgan fingerprint density at radius 2 is 2.02 bits per heavy atom. The Morgan fingerprint density at radius 1 is 1.16 bits per heavy atom. The number of anilines is 1. The normalized spacial score (nSPS) is 14.9. The van der Waals surface area contributed by atoms with Crippen molar-refractivity contribution < 1.29 is 23.4 Å². The van der Waals surface area contributed by atoms with Crippen LogP contribution in [0.4, 0.5) is 10.1 Å². The molecule has 0 saturated heterocycles. The van der Waals surface area contributed by atoms with Gasteiger partial charge in [-0.05, 0) is 65.2 Å². The molecule has 0 aliphatic carbocycles. The largest absolute Gasteiger partial charge is 0.618 e. The van der Waals surface area contributed by atoms with Crippen LogP contribution in [0, 0.1) is 11.0 Å². The fourth-order valence-corrected chi connectivity index (χ4v) is 5.75. The molecule has 11 nitrogen and oxygen atoms in total. The number of carbonyl (C=O) groups excluding carboxylic acids is 2. The molecule has 0 spiro atoms. The Hall–Kier alpha value is -5.23. The number of fused-ring (bicyclic) bond motifs is 4. The topological polar surface area (TPSA) is 139 Å². The molecule has 228 valence electrons. The molecule has 1 atom stereocenters. The minimum Gasteiger partial charge on any atom is -0.618 e. The molecule has 13 heteroatoms. The zero-order valence-electron chi connectivity index (χ0n) is 24.1. The molecule has 2 aromatic carbocycles. The fraction of sp³-hybridized carbons (Fsp3) is 0.219. The van der Waals surface area contributed by atoms with Crippen LogP contribution in [0.1, 0.15) is 48.4 Å². The lowest BCUT2D eigenvalue weighted by molar-refractivity contribution is -0.614. The first-order chi connectivity index (χ1) is 21.8. The zero-order chi connectivity index (χ0) is 31.5. The summed E-state index contributed by atoms with van der Waals surface area (Å²) in [5.74, 6) is -1.79. The highest BCUT2D eigenvalue weighted by Gasteiger charge is 2.28. The second-order valence-electron chi connectivity index (χ2n) is 10.7. The summed E-state index contributed by atoms with van der Waals surface area (Å²) in [6.45, 7) is 0. The molecule has 0 saturated carbocycles. The average molecular weight is 628 g/mol. The number of tetrazole rings is 1. The first-order valence-corrected chi connectivity index (χ1v) is 14.6. The lowest BCUT2D eigenvalue weighted by atomic mass is 9.88. The van der Waals surface area contributed by atoms with E-state index in [4.69, 9.17) is 16.3 Å². The Balaban J connectivity index is 1.42. The van der Waals surface area contributed by atoms with Gasteiger partial charge in [0, 0.05) is 39.8 Å². The number of esters is 1. The van der Waals surface area contributed by atoms with Crippen LogP contribution in [0.2, 0.25) is 5.02 Å². The third kappa shape index (κ3) is 6.36. The smallest absolute Gasteiger partial charge is 0.309 e. The summed E-state index contributed by atoms with van der Waals surface area (Å²) in [4.78, 5) is 29.1. The van der Waals surface area contributed by atoms with E-state index in [0.29, 0.717) is 74.9 Å². The van der Waals surface area contributed by atoms with Crippen LogP contribution in [0.15, 0.2) is 73.3 Å². The molecular weight excluding hydrogens is 601 g/mol. The van der Waals surface area contributed by atoms with Crippen molar-refractivity contribution in [3.63, 3.8) is 0 Å². The van der Waals surface area contributed by atoms with Gasteiger partial charge in [0.15, 0.2) is 11.9 Å². The summed E-state index contributed by atoms with van der Waals surface area (Å²) in [6.07, 6.45) is 5.75. The molecule has 0 unspecified atom stereocenters. The number of nitrogens with one attached hydrogen (secondary N) is 1. The number of ether oxygens (including phenoxy) is 1. The number of aromatic nitrogens is 6. The molecule has 1 aliphatic rings. The lowest BCUT2D eigenvalue weighted by Gasteiger charge is -2.21. The quantitative estimate of drug-likeness (QED) is 0.160. The van der Waals surface area contributed by atoms with E-state index in [9.17, 15) is 14.8 Å². The van der Waals surface area contributed by atoms with Gasteiger partial charge < -0.3 is 15.3 Å². The molecule has 1 aliphatic heterocycles. The van der Waals surface area contributed by atoms with Crippen LogP contribution < -0.4 is 10.0 Å². The highest BCUT2D eigenvalue weighted by atomic mass is 35.5. The van der Waals surface area contributed by atoms with Crippen molar-refractivity contribution in [3.05, 3.63) is 106 Å². The molecular formula is C32H27ClFN7O4. The molecule has 5 aromatic rings. The predicted molar refractivity (Wildman–Crippen MR) is 163 cm³/mol. The van der Waals surface area contributed by atoms with Crippen molar-refractivity contribution in [2.24, 2.45) is 0 Å². The van der Waals surface area contributed by atoms with E-state index in [1.807, 2.05) is 0 Å².